The molecule has 1 fully saturated rings. The Balaban J connectivity index is 1.78. The van der Waals surface area contributed by atoms with Crippen LogP contribution in [0.3, 0.4) is 0 Å². The number of alkyl halides is 3. The number of halogens is 3. The van der Waals surface area contributed by atoms with Crippen molar-refractivity contribution < 1.29 is 17.9 Å². The molecule has 31 heavy (non-hydrogen) atoms. The van der Waals surface area contributed by atoms with E-state index in [-0.39, 0.29) is 11.4 Å². The second kappa shape index (κ2) is 8.08. The van der Waals surface area contributed by atoms with Crippen LogP contribution in [0.15, 0.2) is 30.5 Å². The van der Waals surface area contributed by atoms with Crippen LogP contribution >= 0.6 is 0 Å². The number of ether oxygens (including phenoxy) is 1. The average Bonchev–Trinajstić information content (AvgIpc) is 3.16. The second-order valence-electron chi connectivity index (χ2n) is 8.29. The molecule has 3 aromatic rings. The molecule has 3 aromatic heterocycles. The molecule has 10 heteroatoms. The number of morpholine rings is 1. The number of nitrogens with two attached hydrogens (primary N) is 1. The van der Waals surface area contributed by atoms with Gasteiger partial charge in [0, 0.05) is 31.2 Å². The number of hydrogen-bond donors (Lipinski definition) is 2. The van der Waals surface area contributed by atoms with E-state index >= 15 is 0 Å². The molecular formula is C21H25F3N6O. The molecule has 7 nitrogen and oxygen atoms in total. The SMILES string of the molecule is CC(C)CC1(CN)CN(c2ccc(C(F)(F)F)c(-c3[nH]nc4ncccc34)n2)CCO1. The number of pyridine rings is 2. The van der Waals surface area contributed by atoms with Crippen molar-refractivity contribution in [2.45, 2.75) is 32.0 Å². The number of nitrogens with one attached hydrogen (secondary N) is 1. The highest BCUT2D eigenvalue weighted by Gasteiger charge is 2.39. The number of rotatable bonds is 5. The molecule has 0 aromatic carbocycles. The lowest BCUT2D eigenvalue weighted by atomic mass is 9.90. The molecule has 0 spiro atoms. The maximum absolute atomic E-state index is 13.8. The van der Waals surface area contributed by atoms with Gasteiger partial charge in [-0.1, -0.05) is 13.8 Å². The number of fused-ring (bicyclic) bond motifs is 1. The van der Waals surface area contributed by atoms with Gasteiger partial charge in [-0.15, -0.1) is 0 Å². The molecule has 4 heterocycles. The fourth-order valence-corrected chi connectivity index (χ4v) is 4.19. The van der Waals surface area contributed by atoms with E-state index in [0.29, 0.717) is 49.0 Å². The van der Waals surface area contributed by atoms with Gasteiger partial charge in [0.15, 0.2) is 5.65 Å². The first-order valence-electron chi connectivity index (χ1n) is 10.2. The molecule has 4 rings (SSSR count). The van der Waals surface area contributed by atoms with Crippen LogP contribution in [0, 0.1) is 5.92 Å². The van der Waals surface area contributed by atoms with E-state index in [1.807, 2.05) is 4.90 Å². The summed E-state index contributed by atoms with van der Waals surface area (Å²) in [5, 5.41) is 7.21. The maximum atomic E-state index is 13.8. The fraction of sp³-hybridized carbons (Fsp3) is 0.476. The topological polar surface area (TPSA) is 93.0 Å². The first-order valence-corrected chi connectivity index (χ1v) is 10.2. The van der Waals surface area contributed by atoms with E-state index in [9.17, 15) is 13.2 Å². The third kappa shape index (κ3) is 4.22. The molecule has 0 bridgehead atoms. The van der Waals surface area contributed by atoms with Crippen molar-refractivity contribution in [3.8, 4) is 11.4 Å². The summed E-state index contributed by atoms with van der Waals surface area (Å²) in [4.78, 5) is 10.5. The van der Waals surface area contributed by atoms with Crippen molar-refractivity contribution >= 4 is 16.9 Å². The summed E-state index contributed by atoms with van der Waals surface area (Å²) < 4.78 is 47.4. The van der Waals surface area contributed by atoms with Crippen molar-refractivity contribution in [2.24, 2.45) is 11.7 Å². The molecular weight excluding hydrogens is 409 g/mol. The van der Waals surface area contributed by atoms with E-state index in [2.05, 4.69) is 34.0 Å². The molecule has 0 radical (unpaired) electrons. The van der Waals surface area contributed by atoms with Gasteiger partial charge < -0.3 is 15.4 Å². The Bertz CT molecular complexity index is 1070. The predicted octanol–water partition coefficient (Wildman–Crippen LogP) is 3.62. The smallest absolute Gasteiger partial charge is 0.370 e. The zero-order valence-corrected chi connectivity index (χ0v) is 17.4. The van der Waals surface area contributed by atoms with Gasteiger partial charge in [-0.25, -0.2) is 9.97 Å². The highest BCUT2D eigenvalue weighted by molar-refractivity contribution is 5.90. The van der Waals surface area contributed by atoms with E-state index in [1.165, 1.54) is 12.3 Å². The fourth-order valence-electron chi connectivity index (χ4n) is 4.19. The van der Waals surface area contributed by atoms with Gasteiger partial charge in [-0.05, 0) is 36.6 Å². The summed E-state index contributed by atoms with van der Waals surface area (Å²) in [6.07, 6.45) is -2.27. The monoisotopic (exact) mass is 434 g/mol. The normalized spacial score (nSPS) is 20.0. The summed E-state index contributed by atoms with van der Waals surface area (Å²) >= 11 is 0. The maximum Gasteiger partial charge on any atom is 0.418 e. The van der Waals surface area contributed by atoms with Crippen molar-refractivity contribution in [1.29, 1.82) is 0 Å². The number of H-pyrrole nitrogens is 1. The molecule has 0 aliphatic carbocycles. The van der Waals surface area contributed by atoms with Crippen LogP contribution in [0.2, 0.25) is 0 Å². The van der Waals surface area contributed by atoms with Crippen LogP contribution in [0.1, 0.15) is 25.8 Å². The van der Waals surface area contributed by atoms with Gasteiger partial charge >= 0.3 is 6.18 Å². The molecule has 1 aliphatic heterocycles. The third-order valence-corrected chi connectivity index (χ3v) is 5.48. The molecule has 166 valence electrons. The number of anilines is 1. The quantitative estimate of drug-likeness (QED) is 0.637. The number of hydrogen-bond acceptors (Lipinski definition) is 6. The van der Waals surface area contributed by atoms with Crippen molar-refractivity contribution in [2.75, 3.05) is 31.1 Å². The summed E-state index contributed by atoms with van der Waals surface area (Å²) in [6, 6.07) is 5.81. The highest BCUT2D eigenvalue weighted by Crippen LogP contribution is 2.39. The molecule has 1 atom stereocenters. The predicted molar refractivity (Wildman–Crippen MR) is 112 cm³/mol. The second-order valence-corrected chi connectivity index (χ2v) is 8.29. The van der Waals surface area contributed by atoms with Crippen molar-refractivity contribution in [3.05, 3.63) is 36.0 Å². The van der Waals surface area contributed by atoms with E-state index in [1.54, 1.807) is 12.1 Å². The third-order valence-electron chi connectivity index (χ3n) is 5.48. The van der Waals surface area contributed by atoms with Gasteiger partial charge in [-0.2, -0.15) is 18.3 Å². The molecule has 0 amide bonds. The number of aromatic nitrogens is 4. The van der Waals surface area contributed by atoms with E-state index in [0.717, 1.165) is 12.5 Å². The first kappa shape index (κ1) is 21.5. The van der Waals surface area contributed by atoms with Crippen LogP contribution in [0.4, 0.5) is 19.0 Å². The Hall–Kier alpha value is -2.72. The summed E-state index contributed by atoms with van der Waals surface area (Å²) in [7, 11) is 0. The van der Waals surface area contributed by atoms with Gasteiger partial charge in [-0.3, -0.25) is 5.10 Å². The number of nitrogens with zero attached hydrogens (tertiary/aromatic N) is 4. The summed E-state index contributed by atoms with van der Waals surface area (Å²) in [6.45, 7) is 5.91. The lowest BCUT2D eigenvalue weighted by Gasteiger charge is -2.43. The van der Waals surface area contributed by atoms with Crippen LogP contribution in [-0.4, -0.2) is 52.0 Å². The summed E-state index contributed by atoms with van der Waals surface area (Å²) in [5.74, 6) is 0.808. The highest BCUT2D eigenvalue weighted by atomic mass is 19.4. The molecule has 1 saturated heterocycles. The first-order chi connectivity index (χ1) is 14.7. The van der Waals surface area contributed by atoms with Crippen LogP contribution in [0.5, 0.6) is 0 Å². The minimum atomic E-state index is -4.57. The Morgan fingerprint density at radius 3 is 2.81 bits per heavy atom. The minimum absolute atomic E-state index is 0.192. The molecule has 0 saturated carbocycles. The van der Waals surface area contributed by atoms with Gasteiger partial charge in [0.1, 0.15) is 11.5 Å². The van der Waals surface area contributed by atoms with Crippen LogP contribution < -0.4 is 10.6 Å². The lowest BCUT2D eigenvalue weighted by Crippen LogP contribution is -2.56. The van der Waals surface area contributed by atoms with Crippen LogP contribution in [-0.2, 0) is 10.9 Å². The molecule has 1 unspecified atom stereocenters. The lowest BCUT2D eigenvalue weighted by molar-refractivity contribution is -0.137. The van der Waals surface area contributed by atoms with Crippen molar-refractivity contribution in [1.82, 2.24) is 20.2 Å². The summed E-state index contributed by atoms with van der Waals surface area (Å²) in [5.41, 5.74) is 4.98. The zero-order chi connectivity index (χ0) is 22.2. The largest absolute Gasteiger partial charge is 0.418 e. The van der Waals surface area contributed by atoms with Crippen LogP contribution in [0.25, 0.3) is 22.4 Å². The molecule has 1 aliphatic rings. The Labute approximate surface area is 177 Å². The molecule has 3 N–H and O–H groups in total. The Morgan fingerprint density at radius 2 is 2.10 bits per heavy atom. The number of aromatic amines is 1. The zero-order valence-electron chi connectivity index (χ0n) is 17.4. The van der Waals surface area contributed by atoms with Crippen molar-refractivity contribution in [3.63, 3.8) is 0 Å². The minimum Gasteiger partial charge on any atom is -0.370 e. The van der Waals surface area contributed by atoms with Gasteiger partial charge in [0.25, 0.3) is 0 Å². The van der Waals surface area contributed by atoms with E-state index < -0.39 is 17.3 Å². The van der Waals surface area contributed by atoms with E-state index in [4.69, 9.17) is 10.5 Å². The Kier molecular flexibility index (Phi) is 5.61. The van der Waals surface area contributed by atoms with Gasteiger partial charge in [0.2, 0.25) is 0 Å². The average molecular weight is 434 g/mol. The standard InChI is InChI=1S/C21H25F3N6O/c1-13(2)10-20(11-25)12-30(8-9-31-20)16-6-5-15(21(22,23)24)18(27-16)17-14-4-3-7-26-19(14)29-28-17/h3-7,13H,8-12,25H2,1-2H3,(H,26,28,29). The Morgan fingerprint density at radius 1 is 1.29 bits per heavy atom. The van der Waals surface area contributed by atoms with Gasteiger partial charge in [0.05, 0.1) is 23.5 Å².